The second-order valence-electron chi connectivity index (χ2n) is 5.68. The summed E-state index contributed by atoms with van der Waals surface area (Å²) in [7, 11) is 0. The van der Waals surface area contributed by atoms with Crippen molar-refractivity contribution in [1.82, 2.24) is 10.2 Å². The van der Waals surface area contributed by atoms with Crippen molar-refractivity contribution in [3.05, 3.63) is 64.9 Å². The van der Waals surface area contributed by atoms with E-state index in [2.05, 4.69) is 10.2 Å². The van der Waals surface area contributed by atoms with Gasteiger partial charge in [-0.15, -0.1) is 10.2 Å². The maximum atomic E-state index is 11.8. The highest BCUT2D eigenvalue weighted by Crippen LogP contribution is 2.25. The standard InChI is InChI=1S/C19H18N2O4/c1-12-5-4-6-15(9-12)7-8-18(22)23-11-17-20-21-19(25-17)16-10-13(2)24-14(16)3/h4-10H,11H2,1-3H3/b8-7+. The van der Waals surface area contributed by atoms with Crippen LogP contribution >= 0.6 is 0 Å². The second kappa shape index (κ2) is 7.17. The molecule has 0 amide bonds. The van der Waals surface area contributed by atoms with Gasteiger partial charge in [0.05, 0.1) is 5.56 Å². The van der Waals surface area contributed by atoms with Gasteiger partial charge in [-0.2, -0.15) is 0 Å². The first kappa shape index (κ1) is 16.7. The molecule has 0 aliphatic heterocycles. The van der Waals surface area contributed by atoms with Crippen LogP contribution in [0.15, 0.2) is 45.2 Å². The lowest BCUT2D eigenvalue weighted by atomic mass is 10.1. The van der Waals surface area contributed by atoms with E-state index in [0.29, 0.717) is 11.7 Å². The van der Waals surface area contributed by atoms with E-state index < -0.39 is 5.97 Å². The Kier molecular flexibility index (Phi) is 4.79. The molecule has 3 aromatic rings. The third kappa shape index (κ3) is 4.23. The molecule has 2 heterocycles. The molecule has 0 aliphatic rings. The number of hydrogen-bond acceptors (Lipinski definition) is 6. The molecule has 0 unspecified atom stereocenters. The zero-order valence-corrected chi connectivity index (χ0v) is 14.3. The summed E-state index contributed by atoms with van der Waals surface area (Å²) < 4.78 is 16.1. The van der Waals surface area contributed by atoms with E-state index >= 15 is 0 Å². The van der Waals surface area contributed by atoms with Gasteiger partial charge in [-0.3, -0.25) is 0 Å². The Morgan fingerprint density at radius 1 is 1.16 bits per heavy atom. The lowest BCUT2D eigenvalue weighted by Crippen LogP contribution is -2.00. The number of carbonyl (C=O) groups excluding carboxylic acids is 1. The van der Waals surface area contributed by atoms with Crippen LogP contribution in [-0.4, -0.2) is 16.2 Å². The van der Waals surface area contributed by atoms with Crippen molar-refractivity contribution in [2.24, 2.45) is 0 Å². The van der Waals surface area contributed by atoms with Crippen LogP contribution < -0.4 is 0 Å². The van der Waals surface area contributed by atoms with Crippen LogP contribution in [0.5, 0.6) is 0 Å². The Hall–Kier alpha value is -3.15. The van der Waals surface area contributed by atoms with Crippen molar-refractivity contribution in [2.45, 2.75) is 27.4 Å². The van der Waals surface area contributed by atoms with Gasteiger partial charge in [-0.05, 0) is 38.5 Å². The van der Waals surface area contributed by atoms with Crippen LogP contribution in [0.1, 0.15) is 28.5 Å². The van der Waals surface area contributed by atoms with E-state index in [9.17, 15) is 4.79 Å². The van der Waals surface area contributed by atoms with Crippen LogP contribution in [0.3, 0.4) is 0 Å². The smallest absolute Gasteiger partial charge is 0.331 e. The van der Waals surface area contributed by atoms with Crippen molar-refractivity contribution in [3.63, 3.8) is 0 Å². The number of furan rings is 1. The molecule has 6 heteroatoms. The third-order valence-electron chi connectivity index (χ3n) is 3.53. The number of carbonyl (C=O) groups is 1. The average molecular weight is 338 g/mol. The van der Waals surface area contributed by atoms with E-state index in [1.54, 1.807) is 6.08 Å². The van der Waals surface area contributed by atoms with Gasteiger partial charge in [0.15, 0.2) is 6.61 Å². The number of nitrogens with zero attached hydrogens (tertiary/aromatic N) is 2. The Balaban J connectivity index is 1.58. The summed E-state index contributed by atoms with van der Waals surface area (Å²) in [6.45, 7) is 5.57. The topological polar surface area (TPSA) is 78.4 Å². The molecule has 0 bridgehead atoms. The predicted molar refractivity (Wildman–Crippen MR) is 91.5 cm³/mol. The molecule has 6 nitrogen and oxygen atoms in total. The molecule has 1 aromatic carbocycles. The zero-order valence-electron chi connectivity index (χ0n) is 14.3. The minimum Gasteiger partial charge on any atom is -0.466 e. The number of ether oxygens (including phenoxy) is 1. The van der Waals surface area contributed by atoms with E-state index in [-0.39, 0.29) is 12.5 Å². The largest absolute Gasteiger partial charge is 0.466 e. The van der Waals surface area contributed by atoms with Crippen LogP contribution in [0, 0.1) is 20.8 Å². The highest BCUT2D eigenvalue weighted by molar-refractivity contribution is 5.87. The van der Waals surface area contributed by atoms with E-state index in [1.807, 2.05) is 51.1 Å². The van der Waals surface area contributed by atoms with Gasteiger partial charge in [-0.25, -0.2) is 4.79 Å². The first-order valence-electron chi connectivity index (χ1n) is 7.82. The number of aryl methyl sites for hydroxylation is 3. The van der Waals surface area contributed by atoms with Crippen LogP contribution in [0.2, 0.25) is 0 Å². The van der Waals surface area contributed by atoms with Gasteiger partial charge in [-0.1, -0.05) is 29.8 Å². The Labute approximate surface area is 145 Å². The minimum absolute atomic E-state index is 0.0835. The Bertz CT molecular complexity index is 921. The maximum absolute atomic E-state index is 11.8. The molecular formula is C19H18N2O4. The molecule has 128 valence electrons. The molecule has 0 saturated carbocycles. The number of esters is 1. The molecule has 0 atom stereocenters. The first-order chi connectivity index (χ1) is 12.0. The summed E-state index contributed by atoms with van der Waals surface area (Å²) in [5.41, 5.74) is 2.79. The van der Waals surface area contributed by atoms with Gasteiger partial charge in [0, 0.05) is 6.08 Å². The molecule has 0 radical (unpaired) electrons. The van der Waals surface area contributed by atoms with Crippen molar-refractivity contribution in [2.75, 3.05) is 0 Å². The molecule has 3 rings (SSSR count). The predicted octanol–water partition coefficient (Wildman–Crippen LogP) is 4.01. The summed E-state index contributed by atoms with van der Waals surface area (Å²) >= 11 is 0. The van der Waals surface area contributed by atoms with Crippen molar-refractivity contribution < 1.29 is 18.4 Å². The van der Waals surface area contributed by atoms with Crippen molar-refractivity contribution in [1.29, 1.82) is 0 Å². The lowest BCUT2D eigenvalue weighted by Gasteiger charge is -1.98. The third-order valence-corrected chi connectivity index (χ3v) is 3.53. The SMILES string of the molecule is Cc1cccc(/C=C/C(=O)OCc2nnc(-c3cc(C)oc3C)o2)c1. The highest BCUT2D eigenvalue weighted by Gasteiger charge is 2.15. The quantitative estimate of drug-likeness (QED) is 0.516. The first-order valence-corrected chi connectivity index (χ1v) is 7.82. The summed E-state index contributed by atoms with van der Waals surface area (Å²) in [5, 5.41) is 7.84. The summed E-state index contributed by atoms with van der Waals surface area (Å²) in [4.78, 5) is 11.8. The molecule has 0 aliphatic carbocycles. The fourth-order valence-electron chi connectivity index (χ4n) is 2.38. The second-order valence-corrected chi connectivity index (χ2v) is 5.68. The molecule has 2 aromatic heterocycles. The molecule has 0 fully saturated rings. The molecule has 25 heavy (non-hydrogen) atoms. The maximum Gasteiger partial charge on any atom is 0.331 e. The molecule has 0 saturated heterocycles. The van der Waals surface area contributed by atoms with Gasteiger partial charge in [0.25, 0.3) is 11.8 Å². The summed E-state index contributed by atoms with van der Waals surface area (Å²) in [6.07, 6.45) is 3.07. The highest BCUT2D eigenvalue weighted by atomic mass is 16.5. The zero-order chi connectivity index (χ0) is 17.8. The van der Waals surface area contributed by atoms with Gasteiger partial charge in [0.1, 0.15) is 11.5 Å². The number of rotatable bonds is 5. The molecular weight excluding hydrogens is 320 g/mol. The van der Waals surface area contributed by atoms with Gasteiger partial charge < -0.3 is 13.6 Å². The fourth-order valence-corrected chi connectivity index (χ4v) is 2.38. The normalized spacial score (nSPS) is 11.2. The lowest BCUT2D eigenvalue weighted by molar-refractivity contribution is -0.139. The van der Waals surface area contributed by atoms with Crippen molar-refractivity contribution >= 4 is 12.0 Å². The van der Waals surface area contributed by atoms with Crippen molar-refractivity contribution in [3.8, 4) is 11.5 Å². The van der Waals surface area contributed by atoms with E-state index in [4.69, 9.17) is 13.6 Å². The fraction of sp³-hybridized carbons (Fsp3) is 0.211. The molecule has 0 N–H and O–H groups in total. The Morgan fingerprint density at radius 2 is 2.00 bits per heavy atom. The summed E-state index contributed by atoms with van der Waals surface area (Å²) in [5.74, 6) is 1.56. The van der Waals surface area contributed by atoms with Gasteiger partial charge >= 0.3 is 5.97 Å². The summed E-state index contributed by atoms with van der Waals surface area (Å²) in [6, 6.07) is 9.63. The van der Waals surface area contributed by atoms with Crippen LogP contribution in [0.4, 0.5) is 0 Å². The van der Waals surface area contributed by atoms with E-state index in [0.717, 1.165) is 22.5 Å². The van der Waals surface area contributed by atoms with Gasteiger partial charge in [0.2, 0.25) is 0 Å². The van der Waals surface area contributed by atoms with Crippen LogP contribution in [0.25, 0.3) is 17.5 Å². The minimum atomic E-state index is -0.475. The average Bonchev–Trinajstić information content (AvgIpc) is 3.17. The van der Waals surface area contributed by atoms with Crippen LogP contribution in [-0.2, 0) is 16.1 Å². The number of aromatic nitrogens is 2. The Morgan fingerprint density at radius 3 is 2.72 bits per heavy atom. The van der Waals surface area contributed by atoms with E-state index in [1.165, 1.54) is 6.08 Å². The number of benzene rings is 1. The monoisotopic (exact) mass is 338 g/mol. The molecule has 0 spiro atoms. The number of hydrogen-bond donors (Lipinski definition) is 0.